The number of rotatable bonds is 4. The Morgan fingerprint density at radius 1 is 0.889 bits per heavy atom. The third-order valence-electron chi connectivity index (χ3n) is 5.93. The highest BCUT2D eigenvalue weighted by molar-refractivity contribution is 6.05. The Morgan fingerprint density at radius 2 is 1.56 bits per heavy atom. The number of imide groups is 1. The van der Waals surface area contributed by atoms with E-state index in [2.05, 4.69) is 32.6 Å². The molecule has 3 fully saturated rings. The molecule has 1 aromatic rings. The maximum atomic E-state index is 12.0. The molecule has 0 aromatic heterocycles. The Hall–Kier alpha value is -2.12. The third-order valence-corrected chi connectivity index (χ3v) is 5.93. The monoisotopic (exact) mass is 371 g/mol. The molecule has 3 aliphatic rings. The summed E-state index contributed by atoms with van der Waals surface area (Å²) in [5.74, 6) is 0.648. The Kier molecular flexibility index (Phi) is 5.59. The van der Waals surface area contributed by atoms with Crippen LogP contribution in [0.1, 0.15) is 19.3 Å². The summed E-state index contributed by atoms with van der Waals surface area (Å²) >= 11 is 0. The van der Waals surface area contributed by atoms with E-state index in [1.807, 2.05) is 12.1 Å². The van der Waals surface area contributed by atoms with Gasteiger partial charge in [-0.3, -0.25) is 19.9 Å². The number of amides is 3. The van der Waals surface area contributed by atoms with Gasteiger partial charge in [-0.2, -0.15) is 0 Å². The van der Waals surface area contributed by atoms with Crippen LogP contribution in [-0.2, 0) is 4.79 Å². The number of piperazine rings is 1. The first-order valence-electron chi connectivity index (χ1n) is 10.1. The number of nitrogens with zero attached hydrogens (tertiary/aromatic N) is 3. The number of hydrogen-bond acceptors (Lipinski definition) is 5. The molecule has 27 heavy (non-hydrogen) atoms. The highest BCUT2D eigenvalue weighted by Gasteiger charge is 2.25. The number of hydrogen-bond donors (Lipinski definition) is 2. The normalized spacial score (nSPS) is 22.8. The lowest BCUT2D eigenvalue weighted by atomic mass is 9.97. The van der Waals surface area contributed by atoms with E-state index < -0.39 is 0 Å². The highest BCUT2D eigenvalue weighted by atomic mass is 16.2. The predicted octanol–water partition coefficient (Wildman–Crippen LogP) is 1.25. The Balaban J connectivity index is 1.29. The van der Waals surface area contributed by atoms with Crippen molar-refractivity contribution in [2.75, 3.05) is 62.2 Å². The van der Waals surface area contributed by atoms with Crippen LogP contribution in [0.5, 0.6) is 0 Å². The lowest BCUT2D eigenvalue weighted by Crippen LogP contribution is -2.49. The summed E-state index contributed by atoms with van der Waals surface area (Å²) in [5.41, 5.74) is 2.04. The van der Waals surface area contributed by atoms with Gasteiger partial charge in [-0.25, -0.2) is 4.79 Å². The summed E-state index contributed by atoms with van der Waals surface area (Å²) in [6, 6.07) is 7.80. The van der Waals surface area contributed by atoms with Crippen molar-refractivity contribution in [3.8, 4) is 0 Å². The average Bonchev–Trinajstić information content (AvgIpc) is 2.70. The first kappa shape index (κ1) is 18.3. The molecule has 0 saturated carbocycles. The van der Waals surface area contributed by atoms with E-state index in [4.69, 9.17) is 0 Å². The van der Waals surface area contributed by atoms with Gasteiger partial charge in [-0.1, -0.05) is 0 Å². The van der Waals surface area contributed by atoms with Crippen LogP contribution in [0, 0.1) is 5.92 Å². The number of urea groups is 1. The zero-order valence-electron chi connectivity index (χ0n) is 15.8. The van der Waals surface area contributed by atoms with Crippen molar-refractivity contribution in [2.24, 2.45) is 5.92 Å². The first-order chi connectivity index (χ1) is 13.2. The second-order valence-electron chi connectivity index (χ2n) is 7.75. The minimum absolute atomic E-state index is 0.199. The molecular formula is C20H29N5O2. The van der Waals surface area contributed by atoms with E-state index in [0.717, 1.165) is 37.8 Å². The van der Waals surface area contributed by atoms with Crippen LogP contribution in [-0.4, -0.2) is 69.2 Å². The second-order valence-corrected chi connectivity index (χ2v) is 7.75. The van der Waals surface area contributed by atoms with E-state index in [0.29, 0.717) is 13.0 Å². The molecule has 3 aliphatic heterocycles. The Bertz CT molecular complexity index is 663. The lowest BCUT2D eigenvalue weighted by molar-refractivity contribution is -0.120. The molecular weight excluding hydrogens is 342 g/mol. The number of piperidine rings is 1. The van der Waals surface area contributed by atoms with Gasteiger partial charge in [0, 0.05) is 57.1 Å². The molecule has 1 aromatic carbocycles. The van der Waals surface area contributed by atoms with Crippen molar-refractivity contribution in [2.45, 2.75) is 19.3 Å². The fourth-order valence-electron chi connectivity index (χ4n) is 4.27. The molecule has 0 radical (unpaired) electrons. The van der Waals surface area contributed by atoms with Gasteiger partial charge in [0.2, 0.25) is 5.91 Å². The van der Waals surface area contributed by atoms with Crippen molar-refractivity contribution >= 4 is 23.3 Å². The quantitative estimate of drug-likeness (QED) is 0.834. The number of benzene rings is 1. The van der Waals surface area contributed by atoms with E-state index in [-0.39, 0.29) is 11.9 Å². The summed E-state index contributed by atoms with van der Waals surface area (Å²) in [5, 5.41) is 5.81. The van der Waals surface area contributed by atoms with Crippen LogP contribution in [0.2, 0.25) is 0 Å². The van der Waals surface area contributed by atoms with Gasteiger partial charge in [-0.15, -0.1) is 0 Å². The van der Waals surface area contributed by atoms with Crippen LogP contribution >= 0.6 is 0 Å². The standard InChI is InChI=1S/C20H29N5O2/c26-19-7-10-25(20(27)22-19)18-3-1-17(2-4-18)24-13-11-23(12-14-24)15-16-5-8-21-9-6-16/h1-4,16,21H,5-15H2,(H,22,26,27). The number of nitrogens with one attached hydrogen (secondary N) is 2. The minimum Gasteiger partial charge on any atom is -0.369 e. The number of carbonyl (C=O) groups excluding carboxylic acids is 2. The van der Waals surface area contributed by atoms with Crippen molar-refractivity contribution in [1.29, 1.82) is 0 Å². The van der Waals surface area contributed by atoms with Gasteiger partial charge in [0.05, 0.1) is 0 Å². The molecule has 146 valence electrons. The molecule has 0 unspecified atom stereocenters. The van der Waals surface area contributed by atoms with Gasteiger partial charge >= 0.3 is 6.03 Å². The summed E-state index contributed by atoms with van der Waals surface area (Å²) in [6.45, 7) is 8.33. The lowest BCUT2D eigenvalue weighted by Gasteiger charge is -2.38. The van der Waals surface area contributed by atoms with Crippen LogP contribution in [0.25, 0.3) is 0 Å². The fourth-order valence-corrected chi connectivity index (χ4v) is 4.27. The first-order valence-corrected chi connectivity index (χ1v) is 10.1. The average molecular weight is 371 g/mol. The molecule has 0 spiro atoms. The summed E-state index contributed by atoms with van der Waals surface area (Å²) < 4.78 is 0. The van der Waals surface area contributed by atoms with E-state index in [1.54, 1.807) is 4.90 Å². The zero-order chi connectivity index (χ0) is 18.6. The van der Waals surface area contributed by atoms with Crippen molar-refractivity contribution in [1.82, 2.24) is 15.5 Å². The molecule has 0 atom stereocenters. The maximum Gasteiger partial charge on any atom is 0.328 e. The number of carbonyl (C=O) groups is 2. The van der Waals surface area contributed by atoms with Gasteiger partial charge in [-0.05, 0) is 56.1 Å². The van der Waals surface area contributed by atoms with Crippen molar-refractivity contribution < 1.29 is 9.59 Å². The maximum absolute atomic E-state index is 12.0. The molecule has 7 heteroatoms. The third kappa shape index (κ3) is 4.42. The fraction of sp³-hybridized carbons (Fsp3) is 0.600. The van der Waals surface area contributed by atoms with Gasteiger partial charge in [0.1, 0.15) is 0 Å². The molecule has 2 N–H and O–H groups in total. The molecule has 0 aliphatic carbocycles. The molecule has 3 heterocycles. The van der Waals surface area contributed by atoms with Crippen LogP contribution in [0.3, 0.4) is 0 Å². The smallest absolute Gasteiger partial charge is 0.328 e. The summed E-state index contributed by atoms with van der Waals surface area (Å²) in [4.78, 5) is 29.9. The van der Waals surface area contributed by atoms with E-state index >= 15 is 0 Å². The van der Waals surface area contributed by atoms with Gasteiger partial charge in [0.25, 0.3) is 0 Å². The van der Waals surface area contributed by atoms with Crippen LogP contribution in [0.15, 0.2) is 24.3 Å². The summed E-state index contributed by atoms with van der Waals surface area (Å²) in [6.07, 6.45) is 2.96. The second kappa shape index (κ2) is 8.27. The van der Waals surface area contributed by atoms with Crippen LogP contribution in [0.4, 0.5) is 16.2 Å². The van der Waals surface area contributed by atoms with Crippen molar-refractivity contribution in [3.63, 3.8) is 0 Å². The van der Waals surface area contributed by atoms with Gasteiger partial charge < -0.3 is 10.2 Å². The predicted molar refractivity (Wildman–Crippen MR) is 106 cm³/mol. The van der Waals surface area contributed by atoms with Gasteiger partial charge in [0.15, 0.2) is 0 Å². The molecule has 3 amide bonds. The minimum atomic E-state index is -0.328. The van der Waals surface area contributed by atoms with Crippen molar-refractivity contribution in [3.05, 3.63) is 24.3 Å². The Labute approximate surface area is 160 Å². The molecule has 0 bridgehead atoms. The molecule has 7 nitrogen and oxygen atoms in total. The van der Waals surface area contributed by atoms with E-state index in [1.165, 1.54) is 38.2 Å². The SMILES string of the molecule is O=C1CCN(c2ccc(N3CCN(CC4CCNCC4)CC3)cc2)C(=O)N1. The topological polar surface area (TPSA) is 67.9 Å². The summed E-state index contributed by atoms with van der Waals surface area (Å²) in [7, 11) is 0. The largest absolute Gasteiger partial charge is 0.369 e. The molecule has 3 saturated heterocycles. The zero-order valence-corrected chi connectivity index (χ0v) is 15.8. The number of anilines is 2. The van der Waals surface area contributed by atoms with E-state index in [9.17, 15) is 9.59 Å². The molecule has 4 rings (SSSR count). The highest BCUT2D eigenvalue weighted by Crippen LogP contribution is 2.24. The van der Waals surface area contributed by atoms with Crippen LogP contribution < -0.4 is 20.4 Å². The Morgan fingerprint density at radius 3 is 2.22 bits per heavy atom.